The van der Waals surface area contributed by atoms with Gasteiger partial charge in [-0.3, -0.25) is 4.98 Å². The monoisotopic (exact) mass is 362 g/mol. The van der Waals surface area contributed by atoms with Gasteiger partial charge in [-0.1, -0.05) is 30.3 Å². The van der Waals surface area contributed by atoms with E-state index in [-0.39, 0.29) is 6.03 Å². The largest absolute Gasteiger partial charge is 0.353 e. The van der Waals surface area contributed by atoms with Crippen LogP contribution in [-0.4, -0.2) is 59.4 Å². The number of amides is 2. The molecule has 1 aromatic heterocycles. The summed E-state index contributed by atoms with van der Waals surface area (Å²) < 4.78 is 0. The highest BCUT2D eigenvalue weighted by molar-refractivity contribution is 6.11. The Kier molecular flexibility index (Phi) is 4.74. The summed E-state index contributed by atoms with van der Waals surface area (Å²) in [6.07, 6.45) is 5.74. The first-order valence-corrected chi connectivity index (χ1v) is 9.03. The van der Waals surface area contributed by atoms with Gasteiger partial charge in [0.2, 0.25) is 0 Å². The van der Waals surface area contributed by atoms with Crippen LogP contribution in [0, 0.1) is 0 Å². The lowest BCUT2D eigenvalue weighted by Gasteiger charge is -2.37. The summed E-state index contributed by atoms with van der Waals surface area (Å²) in [4.78, 5) is 26.6. The minimum absolute atomic E-state index is 0.358. The quantitative estimate of drug-likeness (QED) is 0.904. The number of anilines is 1. The zero-order valence-electron chi connectivity index (χ0n) is 15.0. The van der Waals surface area contributed by atoms with Crippen molar-refractivity contribution in [2.24, 2.45) is 10.7 Å². The van der Waals surface area contributed by atoms with Crippen LogP contribution in [0.5, 0.6) is 0 Å². The van der Waals surface area contributed by atoms with Crippen molar-refractivity contribution in [2.45, 2.75) is 0 Å². The van der Waals surface area contributed by atoms with Gasteiger partial charge in [-0.2, -0.15) is 0 Å². The van der Waals surface area contributed by atoms with Crippen LogP contribution >= 0.6 is 0 Å². The second-order valence-electron chi connectivity index (χ2n) is 6.50. The molecule has 7 heteroatoms. The van der Waals surface area contributed by atoms with Crippen LogP contribution < -0.4 is 10.6 Å². The molecule has 1 aromatic carbocycles. The highest BCUT2D eigenvalue weighted by Gasteiger charge is 2.25. The fourth-order valence-corrected chi connectivity index (χ4v) is 3.38. The van der Waals surface area contributed by atoms with E-state index in [2.05, 4.69) is 33.0 Å². The highest BCUT2D eigenvalue weighted by atomic mass is 16.2. The van der Waals surface area contributed by atoms with Crippen molar-refractivity contribution >= 4 is 17.6 Å². The first-order chi connectivity index (χ1) is 13.2. The Bertz CT molecular complexity index is 857. The molecule has 4 rings (SSSR count). The number of amidine groups is 1. The second-order valence-corrected chi connectivity index (χ2v) is 6.50. The van der Waals surface area contributed by atoms with Crippen LogP contribution in [0.25, 0.3) is 0 Å². The number of nitrogens with two attached hydrogens (primary N) is 1. The zero-order chi connectivity index (χ0) is 18.6. The summed E-state index contributed by atoms with van der Waals surface area (Å²) in [5, 5.41) is 0. The van der Waals surface area contributed by atoms with Crippen LogP contribution in [-0.2, 0) is 0 Å². The Morgan fingerprint density at radius 2 is 1.78 bits per heavy atom. The van der Waals surface area contributed by atoms with Gasteiger partial charge in [0, 0.05) is 44.5 Å². The third kappa shape index (κ3) is 3.62. The lowest BCUT2D eigenvalue weighted by molar-refractivity contribution is 0.163. The Morgan fingerprint density at radius 1 is 1.00 bits per heavy atom. The van der Waals surface area contributed by atoms with Gasteiger partial charge in [-0.25, -0.2) is 9.79 Å². The van der Waals surface area contributed by atoms with Crippen LogP contribution in [0.3, 0.4) is 0 Å². The van der Waals surface area contributed by atoms with E-state index in [4.69, 9.17) is 10.7 Å². The predicted molar refractivity (Wildman–Crippen MR) is 105 cm³/mol. The molecule has 0 radical (unpaired) electrons. The van der Waals surface area contributed by atoms with Crippen LogP contribution in [0.15, 0.2) is 71.7 Å². The van der Waals surface area contributed by atoms with Crippen LogP contribution in [0.4, 0.5) is 10.5 Å². The number of aliphatic imine (C=N–C) groups is 1. The molecule has 0 bridgehead atoms. The summed E-state index contributed by atoms with van der Waals surface area (Å²) in [6.45, 7) is 3.41. The Hall–Kier alpha value is -3.35. The molecule has 1 saturated heterocycles. The van der Waals surface area contributed by atoms with Gasteiger partial charge in [-0.15, -0.1) is 0 Å². The maximum absolute atomic E-state index is 11.3. The molecular formula is C20H22N6O. The third-order valence-electron chi connectivity index (χ3n) is 4.84. The number of rotatable bonds is 3. The van der Waals surface area contributed by atoms with E-state index < -0.39 is 0 Å². The van der Waals surface area contributed by atoms with E-state index in [1.165, 1.54) is 0 Å². The lowest BCUT2D eigenvalue weighted by atomic mass is 10.1. The summed E-state index contributed by atoms with van der Waals surface area (Å²) >= 11 is 0. The van der Waals surface area contributed by atoms with Gasteiger partial charge >= 0.3 is 6.03 Å². The third-order valence-corrected chi connectivity index (χ3v) is 4.84. The molecule has 2 aliphatic heterocycles. The molecule has 0 atom stereocenters. The first kappa shape index (κ1) is 17.1. The van der Waals surface area contributed by atoms with E-state index in [1.54, 1.807) is 11.1 Å². The number of carbonyl (C=O) groups excluding carboxylic acids is 1. The SMILES string of the molecule is NC(=O)N1CCN(C2=CCN(c3cccnc3)C(c3ccccc3)=N2)CC1. The number of aromatic nitrogens is 1. The number of hydrogen-bond donors (Lipinski definition) is 1. The van der Waals surface area contributed by atoms with E-state index >= 15 is 0 Å². The summed E-state index contributed by atoms with van der Waals surface area (Å²) in [5.41, 5.74) is 7.45. The molecule has 3 heterocycles. The Balaban J connectivity index is 1.61. The van der Waals surface area contributed by atoms with Crippen molar-refractivity contribution in [3.63, 3.8) is 0 Å². The fourth-order valence-electron chi connectivity index (χ4n) is 3.38. The lowest BCUT2D eigenvalue weighted by Crippen LogP contribution is -2.50. The van der Waals surface area contributed by atoms with Crippen molar-refractivity contribution in [2.75, 3.05) is 37.6 Å². The highest BCUT2D eigenvalue weighted by Crippen LogP contribution is 2.23. The van der Waals surface area contributed by atoms with Crippen molar-refractivity contribution in [1.29, 1.82) is 0 Å². The van der Waals surface area contributed by atoms with Gasteiger partial charge in [0.05, 0.1) is 11.9 Å². The van der Waals surface area contributed by atoms with Crippen LogP contribution in [0.2, 0.25) is 0 Å². The maximum Gasteiger partial charge on any atom is 0.314 e. The Morgan fingerprint density at radius 3 is 2.44 bits per heavy atom. The van der Waals surface area contributed by atoms with Gasteiger partial charge in [0.15, 0.2) is 0 Å². The van der Waals surface area contributed by atoms with E-state index in [9.17, 15) is 4.79 Å². The summed E-state index contributed by atoms with van der Waals surface area (Å²) in [6, 6.07) is 13.8. The maximum atomic E-state index is 11.3. The molecule has 1 fully saturated rings. The molecule has 2 aromatic rings. The number of nitrogens with zero attached hydrogens (tertiary/aromatic N) is 5. The predicted octanol–water partition coefficient (Wildman–Crippen LogP) is 1.89. The van der Waals surface area contributed by atoms with E-state index in [0.717, 1.165) is 36.0 Å². The van der Waals surface area contributed by atoms with Crippen molar-refractivity contribution in [1.82, 2.24) is 14.8 Å². The Labute approximate surface area is 158 Å². The molecule has 0 unspecified atom stereocenters. The molecule has 0 aliphatic carbocycles. The number of carbonyl (C=O) groups is 1. The molecule has 0 spiro atoms. The van der Waals surface area contributed by atoms with Gasteiger partial charge < -0.3 is 20.4 Å². The van der Waals surface area contributed by atoms with Gasteiger partial charge in [-0.05, 0) is 18.2 Å². The molecule has 2 aliphatic rings. The average molecular weight is 362 g/mol. The standard InChI is InChI=1S/C20H22N6O/c21-20(27)25-13-11-24(12-14-25)18-8-10-26(17-7-4-9-22-15-17)19(23-18)16-5-2-1-3-6-16/h1-9,15H,10-14H2,(H2,21,27). The smallest absolute Gasteiger partial charge is 0.314 e. The van der Waals surface area contributed by atoms with Crippen molar-refractivity contribution < 1.29 is 4.79 Å². The number of primary amides is 1. The molecule has 0 saturated carbocycles. The molecule has 27 heavy (non-hydrogen) atoms. The molecule has 2 N–H and O–H groups in total. The first-order valence-electron chi connectivity index (χ1n) is 9.03. The van der Waals surface area contributed by atoms with Crippen molar-refractivity contribution in [3.8, 4) is 0 Å². The van der Waals surface area contributed by atoms with E-state index in [1.807, 2.05) is 36.5 Å². The minimum atomic E-state index is -0.358. The molecule has 138 valence electrons. The number of piperazine rings is 1. The number of hydrogen-bond acceptors (Lipinski definition) is 5. The van der Waals surface area contributed by atoms with Gasteiger partial charge in [0.1, 0.15) is 11.7 Å². The summed E-state index contributed by atoms with van der Waals surface area (Å²) in [7, 11) is 0. The molecule has 2 amide bonds. The molecule has 7 nitrogen and oxygen atoms in total. The number of pyridine rings is 1. The van der Waals surface area contributed by atoms with E-state index in [0.29, 0.717) is 19.6 Å². The fraction of sp³-hybridized carbons (Fsp3) is 0.250. The van der Waals surface area contributed by atoms with Crippen molar-refractivity contribution in [3.05, 3.63) is 72.3 Å². The van der Waals surface area contributed by atoms with Gasteiger partial charge in [0.25, 0.3) is 0 Å². The molecular weight excluding hydrogens is 340 g/mol. The van der Waals surface area contributed by atoms with Crippen LogP contribution in [0.1, 0.15) is 5.56 Å². The minimum Gasteiger partial charge on any atom is -0.353 e. The topological polar surface area (TPSA) is 78.1 Å². The average Bonchev–Trinajstić information content (AvgIpc) is 2.74. The normalized spacial score (nSPS) is 17.4. The number of benzene rings is 1. The second kappa shape index (κ2) is 7.49. The number of urea groups is 1. The zero-order valence-corrected chi connectivity index (χ0v) is 15.0. The summed E-state index contributed by atoms with van der Waals surface area (Å²) in [5.74, 6) is 1.84.